The van der Waals surface area contributed by atoms with Crippen molar-refractivity contribution in [1.82, 2.24) is 9.88 Å². The number of fused-ring (bicyclic) bond motifs is 3. The van der Waals surface area contributed by atoms with Crippen LogP contribution >= 0.6 is 11.8 Å². The summed E-state index contributed by atoms with van der Waals surface area (Å²) in [5.41, 5.74) is 4.73. The zero-order valence-corrected chi connectivity index (χ0v) is 11.4. The molecule has 18 heavy (non-hydrogen) atoms. The maximum Gasteiger partial charge on any atom is 0.0623 e. The van der Waals surface area contributed by atoms with Crippen LogP contribution in [0.25, 0.3) is 10.9 Å². The van der Waals surface area contributed by atoms with Gasteiger partial charge in [-0.25, -0.2) is 0 Å². The van der Waals surface area contributed by atoms with Gasteiger partial charge in [0.25, 0.3) is 0 Å². The normalized spacial score (nSPS) is 19.3. The Morgan fingerprint density at radius 1 is 1.17 bits per heavy atom. The van der Waals surface area contributed by atoms with Gasteiger partial charge in [0.2, 0.25) is 0 Å². The topological polar surface area (TPSA) is 17.0 Å². The molecule has 0 bridgehead atoms. The highest BCUT2D eigenvalue weighted by atomic mass is 32.2. The highest BCUT2D eigenvalue weighted by molar-refractivity contribution is 7.99. The number of rotatable bonds is 0. The molecule has 0 amide bonds. The van der Waals surface area contributed by atoms with Crippen molar-refractivity contribution in [3.63, 3.8) is 0 Å². The first-order valence-electron chi connectivity index (χ1n) is 6.91. The molecule has 1 N–H and O–H groups in total. The standard InChI is InChI=1S/C15H18N2S/c1-3-12-11-5-7-16-8-6-13(11)17-9-2-10-18-14(4-1)15(12)17/h1,3-4,16H,2,5-10H2. The molecule has 2 aliphatic heterocycles. The van der Waals surface area contributed by atoms with Gasteiger partial charge in [0.1, 0.15) is 0 Å². The summed E-state index contributed by atoms with van der Waals surface area (Å²) in [4.78, 5) is 1.49. The van der Waals surface area contributed by atoms with E-state index in [1.807, 2.05) is 11.8 Å². The molecule has 0 atom stereocenters. The van der Waals surface area contributed by atoms with Gasteiger partial charge in [-0.1, -0.05) is 12.1 Å². The largest absolute Gasteiger partial charge is 0.343 e. The Morgan fingerprint density at radius 3 is 3.11 bits per heavy atom. The van der Waals surface area contributed by atoms with Gasteiger partial charge in [-0.05, 0) is 36.8 Å². The number of nitrogens with one attached hydrogen (secondary N) is 1. The molecule has 4 rings (SSSR count). The van der Waals surface area contributed by atoms with Crippen molar-refractivity contribution in [2.75, 3.05) is 18.8 Å². The molecule has 0 aliphatic carbocycles. The Bertz CT molecular complexity index is 600. The molecule has 0 fully saturated rings. The van der Waals surface area contributed by atoms with Gasteiger partial charge < -0.3 is 9.88 Å². The Kier molecular flexibility index (Phi) is 2.63. The first-order valence-corrected chi connectivity index (χ1v) is 7.90. The van der Waals surface area contributed by atoms with Crippen LogP contribution in [0.1, 0.15) is 17.7 Å². The molecule has 0 unspecified atom stereocenters. The van der Waals surface area contributed by atoms with E-state index in [1.165, 1.54) is 47.4 Å². The number of benzene rings is 1. The fourth-order valence-electron chi connectivity index (χ4n) is 3.38. The molecule has 2 aromatic rings. The molecule has 0 radical (unpaired) electrons. The minimum absolute atomic E-state index is 1.13. The van der Waals surface area contributed by atoms with Crippen LogP contribution in [-0.2, 0) is 19.4 Å². The van der Waals surface area contributed by atoms with E-state index in [0.29, 0.717) is 0 Å². The maximum atomic E-state index is 3.53. The van der Waals surface area contributed by atoms with Gasteiger partial charge in [0, 0.05) is 35.5 Å². The Labute approximate surface area is 112 Å². The van der Waals surface area contributed by atoms with Gasteiger partial charge in [0.15, 0.2) is 0 Å². The molecule has 1 aromatic heterocycles. The fourth-order valence-corrected chi connectivity index (χ4v) is 4.40. The second-order valence-corrected chi connectivity index (χ2v) is 6.32. The molecule has 1 aromatic carbocycles. The predicted molar refractivity (Wildman–Crippen MR) is 77.6 cm³/mol. The third-order valence-electron chi connectivity index (χ3n) is 4.14. The van der Waals surface area contributed by atoms with Gasteiger partial charge in [-0.15, -0.1) is 11.8 Å². The van der Waals surface area contributed by atoms with E-state index >= 15 is 0 Å². The molecule has 3 heterocycles. The molecular weight excluding hydrogens is 240 g/mol. The summed E-state index contributed by atoms with van der Waals surface area (Å²) in [6, 6.07) is 6.86. The molecule has 3 heteroatoms. The van der Waals surface area contributed by atoms with Gasteiger partial charge >= 0.3 is 0 Å². The van der Waals surface area contributed by atoms with E-state index < -0.39 is 0 Å². The van der Waals surface area contributed by atoms with Crippen molar-refractivity contribution < 1.29 is 0 Å². The molecule has 0 saturated heterocycles. The summed E-state index contributed by atoms with van der Waals surface area (Å²) in [5.74, 6) is 1.26. The minimum Gasteiger partial charge on any atom is -0.343 e. The fraction of sp³-hybridized carbons (Fsp3) is 0.467. The lowest BCUT2D eigenvalue weighted by Gasteiger charge is -2.08. The summed E-state index contributed by atoms with van der Waals surface area (Å²) < 4.78 is 2.62. The van der Waals surface area contributed by atoms with Crippen molar-refractivity contribution in [3.8, 4) is 0 Å². The highest BCUT2D eigenvalue weighted by Crippen LogP contribution is 2.37. The number of hydrogen-bond acceptors (Lipinski definition) is 2. The van der Waals surface area contributed by atoms with Crippen LogP contribution in [0.4, 0.5) is 0 Å². The third kappa shape index (κ3) is 1.54. The van der Waals surface area contributed by atoms with E-state index in [1.54, 1.807) is 11.3 Å². The zero-order chi connectivity index (χ0) is 11.9. The lowest BCUT2D eigenvalue weighted by Crippen LogP contribution is -2.17. The molecule has 94 valence electrons. The van der Waals surface area contributed by atoms with Crippen molar-refractivity contribution in [2.45, 2.75) is 30.7 Å². The Balaban J connectivity index is 2.06. The summed E-state index contributed by atoms with van der Waals surface area (Å²) >= 11 is 2.03. The summed E-state index contributed by atoms with van der Waals surface area (Å²) in [5, 5.41) is 5.04. The third-order valence-corrected chi connectivity index (χ3v) is 5.28. The number of hydrogen-bond donors (Lipinski definition) is 1. The quantitative estimate of drug-likeness (QED) is 0.782. The lowest BCUT2D eigenvalue weighted by atomic mass is 10.1. The Hall–Kier alpha value is -0.930. The monoisotopic (exact) mass is 258 g/mol. The number of aromatic nitrogens is 1. The maximum absolute atomic E-state index is 3.53. The predicted octanol–water partition coefficient (Wildman–Crippen LogP) is 2.83. The molecule has 2 aliphatic rings. The van der Waals surface area contributed by atoms with E-state index in [9.17, 15) is 0 Å². The summed E-state index contributed by atoms with van der Waals surface area (Å²) in [6.07, 6.45) is 3.67. The van der Waals surface area contributed by atoms with Crippen molar-refractivity contribution >= 4 is 22.7 Å². The van der Waals surface area contributed by atoms with E-state index in [2.05, 4.69) is 28.1 Å². The second kappa shape index (κ2) is 4.32. The van der Waals surface area contributed by atoms with Crippen LogP contribution in [0.5, 0.6) is 0 Å². The Morgan fingerprint density at radius 2 is 2.11 bits per heavy atom. The smallest absolute Gasteiger partial charge is 0.0623 e. The van der Waals surface area contributed by atoms with Crippen LogP contribution in [0, 0.1) is 0 Å². The number of para-hydroxylation sites is 1. The van der Waals surface area contributed by atoms with E-state index in [-0.39, 0.29) is 0 Å². The van der Waals surface area contributed by atoms with Crippen molar-refractivity contribution in [3.05, 3.63) is 29.5 Å². The van der Waals surface area contributed by atoms with E-state index in [0.717, 1.165) is 13.1 Å². The van der Waals surface area contributed by atoms with Crippen LogP contribution < -0.4 is 5.32 Å². The van der Waals surface area contributed by atoms with E-state index in [4.69, 9.17) is 0 Å². The molecule has 0 saturated carbocycles. The van der Waals surface area contributed by atoms with Crippen LogP contribution in [0.2, 0.25) is 0 Å². The van der Waals surface area contributed by atoms with Crippen LogP contribution in [0.3, 0.4) is 0 Å². The zero-order valence-electron chi connectivity index (χ0n) is 10.5. The average molecular weight is 258 g/mol. The van der Waals surface area contributed by atoms with Crippen LogP contribution in [0.15, 0.2) is 23.1 Å². The highest BCUT2D eigenvalue weighted by Gasteiger charge is 2.21. The summed E-state index contributed by atoms with van der Waals surface area (Å²) in [7, 11) is 0. The first kappa shape index (κ1) is 10.9. The van der Waals surface area contributed by atoms with Crippen molar-refractivity contribution in [2.24, 2.45) is 0 Å². The lowest BCUT2D eigenvalue weighted by molar-refractivity contribution is 0.654. The first-order chi connectivity index (χ1) is 8.95. The number of thioether (sulfide) groups is 1. The molecule has 2 nitrogen and oxygen atoms in total. The van der Waals surface area contributed by atoms with Crippen molar-refractivity contribution in [1.29, 1.82) is 0 Å². The van der Waals surface area contributed by atoms with Gasteiger partial charge in [-0.2, -0.15) is 0 Å². The van der Waals surface area contributed by atoms with Crippen LogP contribution in [-0.4, -0.2) is 23.4 Å². The average Bonchev–Trinajstić information content (AvgIpc) is 2.61. The van der Waals surface area contributed by atoms with Gasteiger partial charge in [0.05, 0.1) is 5.52 Å². The van der Waals surface area contributed by atoms with Gasteiger partial charge in [-0.3, -0.25) is 0 Å². The SMILES string of the molecule is c1cc2c3c(c1)c1c(n3CCCS2)CCNCC1. The molecule has 0 spiro atoms. The number of aryl methyl sites for hydroxylation is 1. The number of nitrogens with zero attached hydrogens (tertiary/aromatic N) is 1. The minimum atomic E-state index is 1.13. The molecular formula is C15H18N2S. The summed E-state index contributed by atoms with van der Waals surface area (Å²) in [6.45, 7) is 3.46. The second-order valence-electron chi connectivity index (χ2n) is 5.18.